The van der Waals surface area contributed by atoms with Crippen LogP contribution in [0.2, 0.25) is 0 Å². The highest BCUT2D eigenvalue weighted by Crippen LogP contribution is 2.33. The number of ether oxygens (including phenoxy) is 6. The molecule has 3 heterocycles. The molecule has 19 nitrogen and oxygen atoms in total. The van der Waals surface area contributed by atoms with E-state index in [2.05, 4.69) is 55.6 Å². The zero-order valence-electron chi connectivity index (χ0n) is 52.8. The first-order chi connectivity index (χ1) is 41.8. The number of carbonyl (C=O) groups excluding carboxylic acids is 1. The zero-order valence-corrected chi connectivity index (χ0v) is 52.8. The van der Waals surface area contributed by atoms with Crippen LogP contribution in [0.1, 0.15) is 239 Å². The average molecular weight is 1230 g/mol. The molecule has 86 heavy (non-hydrogen) atoms. The van der Waals surface area contributed by atoms with Gasteiger partial charge in [-0.1, -0.05) is 242 Å². The van der Waals surface area contributed by atoms with Crippen molar-refractivity contribution >= 4 is 5.91 Å². The number of rotatable bonds is 51. The molecule has 12 N–H and O–H groups in total. The lowest BCUT2D eigenvalue weighted by molar-refractivity contribution is -0.379. The van der Waals surface area contributed by atoms with Crippen molar-refractivity contribution in [3.63, 3.8) is 0 Å². The molecule has 0 aliphatic carbocycles. The quantitative estimate of drug-likeness (QED) is 0.0202. The van der Waals surface area contributed by atoms with E-state index in [1.54, 1.807) is 0 Å². The highest BCUT2D eigenvalue weighted by molar-refractivity contribution is 5.76. The molecule has 0 aromatic heterocycles. The van der Waals surface area contributed by atoms with Crippen molar-refractivity contribution in [2.24, 2.45) is 0 Å². The summed E-state index contributed by atoms with van der Waals surface area (Å²) in [7, 11) is 0. The van der Waals surface area contributed by atoms with Crippen LogP contribution in [0.3, 0.4) is 0 Å². The minimum absolute atomic E-state index is 0.144. The third-order valence-corrected chi connectivity index (χ3v) is 16.9. The van der Waals surface area contributed by atoms with Gasteiger partial charge >= 0.3 is 0 Å². The first kappa shape index (κ1) is 78.0. The van der Waals surface area contributed by atoms with Crippen LogP contribution in [0.25, 0.3) is 0 Å². The predicted molar refractivity (Wildman–Crippen MR) is 332 cm³/mol. The molecule has 19 heteroatoms. The fraction of sp³-hybridized carbons (Fsp3) is 0.866. The summed E-state index contributed by atoms with van der Waals surface area (Å²) in [5.41, 5.74) is 0. The Bertz CT molecular complexity index is 1750. The Labute approximate surface area is 516 Å². The second-order valence-corrected chi connectivity index (χ2v) is 24.3. The molecule has 0 saturated carbocycles. The first-order valence-electron chi connectivity index (χ1n) is 33.9. The van der Waals surface area contributed by atoms with Crippen molar-refractivity contribution in [2.75, 3.05) is 26.4 Å². The minimum atomic E-state index is -1.98. The molecular weight excluding hydrogens is 1110 g/mol. The molecule has 0 aromatic carbocycles. The molecule has 3 fully saturated rings. The van der Waals surface area contributed by atoms with Crippen LogP contribution >= 0.6 is 0 Å². The smallest absolute Gasteiger partial charge is 0.220 e. The number of amides is 1. The molecule has 17 atom stereocenters. The predicted octanol–water partition coefficient (Wildman–Crippen LogP) is 8.22. The fourth-order valence-electron chi connectivity index (χ4n) is 11.4. The maximum atomic E-state index is 13.3. The largest absolute Gasteiger partial charge is 0.394 e. The lowest BCUT2D eigenvalue weighted by atomic mass is 9.96. The van der Waals surface area contributed by atoms with Gasteiger partial charge in [0, 0.05) is 6.42 Å². The summed E-state index contributed by atoms with van der Waals surface area (Å²) >= 11 is 0. The van der Waals surface area contributed by atoms with E-state index in [1.165, 1.54) is 154 Å². The van der Waals surface area contributed by atoms with E-state index in [0.29, 0.717) is 19.3 Å². The molecule has 3 aliphatic rings. The molecule has 1 amide bonds. The van der Waals surface area contributed by atoms with Crippen molar-refractivity contribution in [3.05, 3.63) is 48.6 Å². The first-order valence-corrected chi connectivity index (χ1v) is 33.9. The second-order valence-electron chi connectivity index (χ2n) is 24.3. The lowest BCUT2D eigenvalue weighted by Gasteiger charge is -2.48. The van der Waals surface area contributed by atoms with E-state index in [-0.39, 0.29) is 18.9 Å². The van der Waals surface area contributed by atoms with Gasteiger partial charge in [-0.3, -0.25) is 4.79 Å². The van der Waals surface area contributed by atoms with Crippen LogP contribution < -0.4 is 5.32 Å². The summed E-state index contributed by atoms with van der Waals surface area (Å²) in [5.74, 6) is -0.322. The van der Waals surface area contributed by atoms with Gasteiger partial charge < -0.3 is 89.9 Å². The number of hydrogen-bond donors (Lipinski definition) is 12. The molecule has 3 saturated heterocycles. The monoisotopic (exact) mass is 1230 g/mol. The molecule has 0 spiro atoms. The van der Waals surface area contributed by atoms with E-state index in [9.17, 15) is 61.0 Å². The Kier molecular flexibility index (Phi) is 44.8. The van der Waals surface area contributed by atoms with Gasteiger partial charge in [-0.2, -0.15) is 0 Å². The van der Waals surface area contributed by atoms with E-state index < -0.39 is 124 Å². The van der Waals surface area contributed by atoms with Gasteiger partial charge in [-0.25, -0.2) is 0 Å². The van der Waals surface area contributed by atoms with Crippen LogP contribution in [0.15, 0.2) is 48.6 Å². The van der Waals surface area contributed by atoms with Crippen molar-refractivity contribution in [1.29, 1.82) is 0 Å². The van der Waals surface area contributed by atoms with E-state index in [4.69, 9.17) is 28.4 Å². The molecule has 17 unspecified atom stereocenters. The van der Waals surface area contributed by atoms with Gasteiger partial charge in [0.15, 0.2) is 18.9 Å². The number of hydrogen-bond acceptors (Lipinski definition) is 18. The third kappa shape index (κ3) is 31.7. The van der Waals surface area contributed by atoms with Crippen molar-refractivity contribution in [1.82, 2.24) is 5.32 Å². The number of aliphatic hydroxyl groups excluding tert-OH is 11. The van der Waals surface area contributed by atoms with Gasteiger partial charge in [0.2, 0.25) is 5.91 Å². The summed E-state index contributed by atoms with van der Waals surface area (Å²) in [6.07, 6.45) is 30.9. The molecule has 0 bridgehead atoms. The highest BCUT2D eigenvalue weighted by atomic mass is 16.8. The van der Waals surface area contributed by atoms with Crippen molar-refractivity contribution in [2.45, 2.75) is 343 Å². The van der Waals surface area contributed by atoms with Gasteiger partial charge in [-0.05, 0) is 38.5 Å². The Hall–Kier alpha value is -2.25. The Morgan fingerprint density at radius 3 is 1.19 bits per heavy atom. The number of unbranched alkanes of at least 4 members (excludes halogenated alkanes) is 27. The minimum Gasteiger partial charge on any atom is -0.394 e. The molecule has 502 valence electrons. The van der Waals surface area contributed by atoms with E-state index in [1.807, 2.05) is 12.2 Å². The topological polar surface area (TPSA) is 307 Å². The number of carbonyl (C=O) groups is 1. The summed E-state index contributed by atoms with van der Waals surface area (Å²) in [5, 5.41) is 120. The Balaban J connectivity index is 1.41. The maximum Gasteiger partial charge on any atom is 0.220 e. The molecule has 0 aromatic rings. The SMILES string of the molecule is CC/C=C\C/C=C\C/C=C\C/C=C\CCC(=O)NC(COC1OC(CO)C(OC2OC(CO)C(OC3OC(CO)C(O)C(O)C3O)C(O)C2O)C(O)C1O)C(O)CCCCCCCCCCCCCCCCCCCCCCCCCCCCCC. The van der Waals surface area contributed by atoms with Crippen molar-refractivity contribution < 1.29 is 89.4 Å². The zero-order chi connectivity index (χ0) is 62.6. The third-order valence-electron chi connectivity index (χ3n) is 16.9. The Morgan fingerprint density at radius 2 is 0.779 bits per heavy atom. The van der Waals surface area contributed by atoms with Crippen LogP contribution in [-0.4, -0.2) is 193 Å². The lowest BCUT2D eigenvalue weighted by Crippen LogP contribution is -2.66. The summed E-state index contributed by atoms with van der Waals surface area (Å²) in [6, 6.07) is -0.927. The van der Waals surface area contributed by atoms with Gasteiger partial charge in [0.1, 0.15) is 73.2 Å². The van der Waals surface area contributed by atoms with E-state index in [0.717, 1.165) is 44.9 Å². The van der Waals surface area contributed by atoms with Gasteiger partial charge in [-0.15, -0.1) is 0 Å². The van der Waals surface area contributed by atoms with Crippen LogP contribution in [-0.2, 0) is 33.2 Å². The highest BCUT2D eigenvalue weighted by Gasteiger charge is 2.53. The van der Waals surface area contributed by atoms with Gasteiger partial charge in [0.05, 0.1) is 38.6 Å². The fourth-order valence-corrected chi connectivity index (χ4v) is 11.4. The number of nitrogens with one attached hydrogen (secondary N) is 1. The van der Waals surface area contributed by atoms with Crippen LogP contribution in [0.5, 0.6) is 0 Å². The summed E-state index contributed by atoms with van der Waals surface area (Å²) in [4.78, 5) is 13.3. The number of aliphatic hydroxyl groups is 11. The van der Waals surface area contributed by atoms with Crippen LogP contribution in [0, 0.1) is 0 Å². The molecule has 0 radical (unpaired) electrons. The number of allylic oxidation sites excluding steroid dienone is 8. The summed E-state index contributed by atoms with van der Waals surface area (Å²) < 4.78 is 34.3. The average Bonchev–Trinajstić information content (AvgIpc) is 2.26. The standard InChI is InChI=1S/C67H121NO18/c1-3-5-7-9-11-13-15-17-18-19-20-21-22-23-24-25-26-27-28-29-30-31-33-34-36-38-40-42-44-51(72)50(68-55(73)45-43-41-39-37-35-32-16-14-12-10-8-6-4-2)49-81-65-61(79)58(76)63(53(47-70)83-65)86-67-62(80)59(77)64(54(48-71)84-67)85-66-60(78)57(75)56(74)52(46-69)82-66/h6,8,12,14,32,35,39,41,50-54,56-67,69-72,74-80H,3-5,7,9-11,13,15-31,33-34,36-38,40,42-49H2,1-2H3,(H,68,73)/b8-6-,14-12-,35-32-,41-39-. The Morgan fingerprint density at radius 1 is 0.430 bits per heavy atom. The van der Waals surface area contributed by atoms with E-state index >= 15 is 0 Å². The van der Waals surface area contributed by atoms with Crippen LogP contribution in [0.4, 0.5) is 0 Å². The molecule has 3 rings (SSSR count). The summed E-state index contributed by atoms with van der Waals surface area (Å²) in [6.45, 7) is 1.63. The molecule has 3 aliphatic heterocycles. The second kappa shape index (κ2) is 49.5. The van der Waals surface area contributed by atoms with Gasteiger partial charge in [0.25, 0.3) is 0 Å². The normalized spacial score (nSPS) is 29.1. The molecular formula is C67H121NO18. The van der Waals surface area contributed by atoms with Crippen molar-refractivity contribution in [3.8, 4) is 0 Å². The maximum absolute atomic E-state index is 13.3.